The molecule has 2 aromatic carbocycles. The van der Waals surface area contributed by atoms with Gasteiger partial charge in [-0.1, -0.05) is 35.5 Å². The SMILES string of the molecule is NCc1c(F)cccc1Sc1cccc(Cl)c1. The number of rotatable bonds is 3. The molecule has 0 atom stereocenters. The minimum atomic E-state index is -0.264. The van der Waals surface area contributed by atoms with Crippen molar-refractivity contribution < 1.29 is 4.39 Å². The Hall–Kier alpha value is -1.03. The van der Waals surface area contributed by atoms with Gasteiger partial charge in [0.05, 0.1) is 0 Å². The first-order valence-electron chi connectivity index (χ1n) is 5.11. The number of halogens is 2. The molecule has 88 valence electrons. The van der Waals surface area contributed by atoms with Gasteiger partial charge in [-0.15, -0.1) is 0 Å². The fraction of sp³-hybridized carbons (Fsp3) is 0.0769. The van der Waals surface area contributed by atoms with Crippen molar-refractivity contribution in [1.82, 2.24) is 0 Å². The van der Waals surface area contributed by atoms with Crippen LogP contribution in [0.3, 0.4) is 0 Å². The summed E-state index contributed by atoms with van der Waals surface area (Å²) in [6.45, 7) is 0.190. The quantitative estimate of drug-likeness (QED) is 0.906. The van der Waals surface area contributed by atoms with Crippen LogP contribution in [0, 0.1) is 5.82 Å². The van der Waals surface area contributed by atoms with Gasteiger partial charge in [0.25, 0.3) is 0 Å². The molecule has 0 aliphatic rings. The van der Waals surface area contributed by atoms with E-state index >= 15 is 0 Å². The molecule has 0 fully saturated rings. The van der Waals surface area contributed by atoms with E-state index < -0.39 is 0 Å². The van der Waals surface area contributed by atoms with Crippen LogP contribution in [0.4, 0.5) is 4.39 Å². The third-order valence-corrected chi connectivity index (χ3v) is 3.63. The Morgan fingerprint density at radius 3 is 2.65 bits per heavy atom. The summed E-state index contributed by atoms with van der Waals surface area (Å²) in [6.07, 6.45) is 0. The van der Waals surface area contributed by atoms with Gasteiger partial charge in [-0.05, 0) is 30.3 Å². The summed E-state index contributed by atoms with van der Waals surface area (Å²) in [7, 11) is 0. The van der Waals surface area contributed by atoms with Crippen LogP contribution < -0.4 is 5.73 Å². The van der Waals surface area contributed by atoms with E-state index in [0.717, 1.165) is 9.79 Å². The molecule has 0 bridgehead atoms. The molecule has 0 saturated heterocycles. The summed E-state index contributed by atoms with van der Waals surface area (Å²) in [4.78, 5) is 1.80. The fourth-order valence-electron chi connectivity index (χ4n) is 1.49. The van der Waals surface area contributed by atoms with Crippen LogP contribution in [0.25, 0.3) is 0 Å². The molecule has 0 spiro atoms. The standard InChI is InChI=1S/C13H11ClFNS/c14-9-3-1-4-10(7-9)17-13-6-2-5-12(15)11(13)8-16/h1-7H,8,16H2. The van der Waals surface area contributed by atoms with E-state index in [1.54, 1.807) is 12.1 Å². The van der Waals surface area contributed by atoms with E-state index in [9.17, 15) is 4.39 Å². The van der Waals surface area contributed by atoms with Gasteiger partial charge in [0.2, 0.25) is 0 Å². The molecule has 0 saturated carbocycles. The smallest absolute Gasteiger partial charge is 0.128 e. The maximum atomic E-state index is 13.5. The maximum Gasteiger partial charge on any atom is 0.128 e. The van der Waals surface area contributed by atoms with E-state index in [4.69, 9.17) is 17.3 Å². The van der Waals surface area contributed by atoms with Crippen molar-refractivity contribution in [3.8, 4) is 0 Å². The zero-order valence-electron chi connectivity index (χ0n) is 8.99. The number of benzene rings is 2. The van der Waals surface area contributed by atoms with Crippen LogP contribution in [-0.2, 0) is 6.54 Å². The highest BCUT2D eigenvalue weighted by Gasteiger charge is 2.08. The van der Waals surface area contributed by atoms with E-state index in [1.807, 2.05) is 24.3 Å². The van der Waals surface area contributed by atoms with Crippen LogP contribution in [0.2, 0.25) is 5.02 Å². The Morgan fingerprint density at radius 1 is 1.18 bits per heavy atom. The van der Waals surface area contributed by atoms with Gasteiger partial charge < -0.3 is 5.73 Å². The third kappa shape index (κ3) is 3.00. The Labute approximate surface area is 109 Å². The molecule has 0 heterocycles. The van der Waals surface area contributed by atoms with E-state index in [-0.39, 0.29) is 12.4 Å². The topological polar surface area (TPSA) is 26.0 Å². The van der Waals surface area contributed by atoms with Crippen molar-refractivity contribution in [2.24, 2.45) is 5.73 Å². The molecule has 2 rings (SSSR count). The lowest BCUT2D eigenvalue weighted by molar-refractivity contribution is 0.604. The second-order valence-corrected chi connectivity index (χ2v) is 5.03. The van der Waals surface area contributed by atoms with Crippen molar-refractivity contribution >= 4 is 23.4 Å². The molecule has 0 unspecified atom stereocenters. The van der Waals surface area contributed by atoms with Gasteiger partial charge in [0.15, 0.2) is 0 Å². The Bertz CT molecular complexity index is 531. The minimum Gasteiger partial charge on any atom is -0.326 e. The van der Waals surface area contributed by atoms with E-state index in [0.29, 0.717) is 10.6 Å². The van der Waals surface area contributed by atoms with Gasteiger partial charge in [-0.3, -0.25) is 0 Å². The predicted molar refractivity (Wildman–Crippen MR) is 69.9 cm³/mol. The first-order valence-corrected chi connectivity index (χ1v) is 6.31. The number of hydrogen-bond acceptors (Lipinski definition) is 2. The van der Waals surface area contributed by atoms with E-state index in [2.05, 4.69) is 0 Å². The van der Waals surface area contributed by atoms with Crippen LogP contribution in [0.5, 0.6) is 0 Å². The van der Waals surface area contributed by atoms with Gasteiger partial charge in [-0.2, -0.15) is 0 Å². The molecule has 2 aromatic rings. The average molecular weight is 268 g/mol. The summed E-state index contributed by atoms with van der Waals surface area (Å²) < 4.78 is 13.5. The molecule has 0 aliphatic heterocycles. The molecule has 0 aromatic heterocycles. The maximum absolute atomic E-state index is 13.5. The Balaban J connectivity index is 2.33. The van der Waals surface area contributed by atoms with Crippen molar-refractivity contribution in [1.29, 1.82) is 0 Å². The molecule has 0 radical (unpaired) electrons. The van der Waals surface area contributed by atoms with Crippen molar-refractivity contribution in [2.75, 3.05) is 0 Å². The molecule has 1 nitrogen and oxygen atoms in total. The number of nitrogens with two attached hydrogens (primary N) is 1. The molecule has 17 heavy (non-hydrogen) atoms. The van der Waals surface area contributed by atoms with Crippen molar-refractivity contribution in [3.05, 3.63) is 58.9 Å². The predicted octanol–water partition coefficient (Wildman–Crippen LogP) is 4.09. The Kier molecular flexibility index (Phi) is 4.05. The normalized spacial score (nSPS) is 10.5. The number of hydrogen-bond donors (Lipinski definition) is 1. The van der Waals surface area contributed by atoms with Crippen LogP contribution in [0.1, 0.15) is 5.56 Å². The van der Waals surface area contributed by atoms with Gasteiger partial charge in [0.1, 0.15) is 5.82 Å². The lowest BCUT2D eigenvalue weighted by Crippen LogP contribution is -2.01. The molecule has 0 aliphatic carbocycles. The van der Waals surface area contributed by atoms with Gasteiger partial charge >= 0.3 is 0 Å². The highest BCUT2D eigenvalue weighted by Crippen LogP contribution is 2.32. The average Bonchev–Trinajstić information content (AvgIpc) is 2.29. The van der Waals surface area contributed by atoms with Crippen LogP contribution >= 0.6 is 23.4 Å². The van der Waals surface area contributed by atoms with Crippen LogP contribution in [0.15, 0.2) is 52.3 Å². The summed E-state index contributed by atoms with van der Waals surface area (Å²) >= 11 is 7.37. The molecule has 2 N–H and O–H groups in total. The second-order valence-electron chi connectivity index (χ2n) is 3.48. The lowest BCUT2D eigenvalue weighted by Gasteiger charge is -2.08. The third-order valence-electron chi connectivity index (χ3n) is 2.30. The fourth-order valence-corrected chi connectivity index (χ4v) is 2.78. The molecule has 0 amide bonds. The summed E-state index contributed by atoms with van der Waals surface area (Å²) in [5.41, 5.74) is 6.09. The Morgan fingerprint density at radius 2 is 1.94 bits per heavy atom. The van der Waals surface area contributed by atoms with Crippen molar-refractivity contribution in [3.63, 3.8) is 0 Å². The monoisotopic (exact) mass is 267 g/mol. The van der Waals surface area contributed by atoms with Gasteiger partial charge in [0, 0.05) is 26.9 Å². The van der Waals surface area contributed by atoms with Crippen molar-refractivity contribution in [2.45, 2.75) is 16.3 Å². The molecular formula is C13H11ClFNS. The zero-order valence-corrected chi connectivity index (χ0v) is 10.6. The lowest BCUT2D eigenvalue weighted by atomic mass is 10.2. The minimum absolute atomic E-state index is 0.190. The van der Waals surface area contributed by atoms with Gasteiger partial charge in [-0.25, -0.2) is 4.39 Å². The molecular weight excluding hydrogens is 257 g/mol. The second kappa shape index (κ2) is 5.54. The summed E-state index contributed by atoms with van der Waals surface area (Å²) in [5, 5.41) is 0.667. The highest BCUT2D eigenvalue weighted by atomic mass is 35.5. The summed E-state index contributed by atoms with van der Waals surface area (Å²) in [5.74, 6) is -0.264. The largest absolute Gasteiger partial charge is 0.326 e. The first-order chi connectivity index (χ1) is 8.20. The van der Waals surface area contributed by atoms with Crippen LogP contribution in [-0.4, -0.2) is 0 Å². The van der Waals surface area contributed by atoms with E-state index in [1.165, 1.54) is 17.8 Å². The zero-order chi connectivity index (χ0) is 12.3. The summed E-state index contributed by atoms with van der Waals surface area (Å²) in [6, 6.07) is 12.4. The first kappa shape index (κ1) is 12.4. The molecule has 4 heteroatoms. The highest BCUT2D eigenvalue weighted by molar-refractivity contribution is 7.99.